The van der Waals surface area contributed by atoms with E-state index in [4.69, 9.17) is 8.83 Å². The Hall–Kier alpha value is -5.70. The Morgan fingerprint density at radius 2 is 0.810 bits per heavy atom. The van der Waals surface area contributed by atoms with Crippen molar-refractivity contribution in [1.29, 1.82) is 0 Å². The van der Waals surface area contributed by atoms with Crippen LogP contribution >= 0.6 is 0 Å². The maximum absolute atomic E-state index is 6.55. The second-order valence-corrected chi connectivity index (χ2v) is 10.4. The summed E-state index contributed by atoms with van der Waals surface area (Å²) in [5.41, 5.74) is 9.42. The third-order valence-electron chi connectivity index (χ3n) is 7.34. The molecule has 0 spiro atoms. The number of rotatable bonds is 2. The molecule has 198 valence electrons. The van der Waals surface area contributed by atoms with Gasteiger partial charge in [-0.2, -0.15) is 0 Å². The van der Waals surface area contributed by atoms with Crippen LogP contribution in [0.1, 0.15) is 33.4 Å². The Bertz CT molecular complexity index is 2010. The highest BCUT2D eigenvalue weighted by atomic mass is 16.3. The average Bonchev–Trinajstić information content (AvgIpc) is 3.57. The molecule has 5 aromatic carbocycles. The van der Waals surface area contributed by atoms with Crippen molar-refractivity contribution in [3.05, 3.63) is 155 Å². The number of aryl methyl sites for hydroxylation is 2. The monoisotopic (exact) mass is 538 g/mol. The van der Waals surface area contributed by atoms with E-state index in [1.807, 2.05) is 97.1 Å². The highest BCUT2D eigenvalue weighted by molar-refractivity contribution is 6.03. The highest BCUT2D eigenvalue weighted by Crippen LogP contribution is 2.40. The van der Waals surface area contributed by atoms with Gasteiger partial charge in [-0.25, -0.2) is 0 Å². The van der Waals surface area contributed by atoms with E-state index < -0.39 is 0 Å². The molecule has 0 N–H and O–H groups in total. The molecule has 0 radical (unpaired) electrons. The van der Waals surface area contributed by atoms with Crippen LogP contribution < -0.4 is 0 Å². The zero-order valence-corrected chi connectivity index (χ0v) is 23.4. The van der Waals surface area contributed by atoms with Crippen molar-refractivity contribution in [2.24, 2.45) is 0 Å². The summed E-state index contributed by atoms with van der Waals surface area (Å²) in [6.07, 6.45) is 0. The molecule has 0 aliphatic carbocycles. The van der Waals surface area contributed by atoms with E-state index >= 15 is 0 Å². The van der Waals surface area contributed by atoms with Crippen molar-refractivity contribution >= 4 is 21.9 Å². The molecule has 0 fully saturated rings. The third-order valence-corrected chi connectivity index (χ3v) is 7.34. The summed E-state index contributed by atoms with van der Waals surface area (Å²) in [6.45, 7) is 4.15. The minimum atomic E-state index is 0.744. The van der Waals surface area contributed by atoms with E-state index in [1.54, 1.807) is 0 Å². The van der Waals surface area contributed by atoms with Crippen molar-refractivity contribution in [2.45, 2.75) is 13.8 Å². The lowest BCUT2D eigenvalue weighted by atomic mass is 10.0. The van der Waals surface area contributed by atoms with Crippen molar-refractivity contribution in [2.75, 3.05) is 0 Å². The van der Waals surface area contributed by atoms with Crippen LogP contribution in [0, 0.1) is 37.5 Å². The Morgan fingerprint density at radius 1 is 0.429 bits per heavy atom. The van der Waals surface area contributed by atoms with Crippen molar-refractivity contribution < 1.29 is 8.83 Å². The van der Waals surface area contributed by atoms with Gasteiger partial charge >= 0.3 is 0 Å². The molecule has 0 bridgehead atoms. The number of hydrogen-bond acceptors (Lipinski definition) is 2. The fourth-order valence-corrected chi connectivity index (χ4v) is 5.06. The minimum absolute atomic E-state index is 0.744. The molecule has 0 saturated heterocycles. The summed E-state index contributed by atoms with van der Waals surface area (Å²) in [4.78, 5) is 0. The van der Waals surface area contributed by atoms with Gasteiger partial charge in [-0.15, -0.1) is 0 Å². The zero-order chi connectivity index (χ0) is 28.5. The molecular formula is C40H26O2. The lowest BCUT2D eigenvalue weighted by molar-refractivity contribution is 0.627. The van der Waals surface area contributed by atoms with E-state index in [-0.39, 0.29) is 0 Å². The van der Waals surface area contributed by atoms with Gasteiger partial charge in [0.25, 0.3) is 0 Å². The molecule has 2 heterocycles. The van der Waals surface area contributed by atoms with Gasteiger partial charge in [0.1, 0.15) is 11.2 Å². The lowest BCUT2D eigenvalue weighted by Crippen LogP contribution is -1.81. The second kappa shape index (κ2) is 10.7. The van der Waals surface area contributed by atoms with Gasteiger partial charge < -0.3 is 8.83 Å². The molecule has 2 nitrogen and oxygen atoms in total. The van der Waals surface area contributed by atoms with Gasteiger partial charge in [-0.3, -0.25) is 0 Å². The normalized spacial score (nSPS) is 10.7. The fraction of sp³-hybridized carbons (Fsp3) is 0.0500. The van der Waals surface area contributed by atoms with Crippen molar-refractivity contribution in [3.63, 3.8) is 0 Å². The smallest absolute Gasteiger partial charge is 0.151 e. The zero-order valence-electron chi connectivity index (χ0n) is 23.4. The maximum atomic E-state index is 6.55. The first-order valence-corrected chi connectivity index (χ1v) is 13.9. The molecule has 0 aliphatic heterocycles. The Labute approximate surface area is 245 Å². The van der Waals surface area contributed by atoms with E-state index in [1.165, 1.54) is 11.1 Å². The molecule has 0 amide bonds. The van der Waals surface area contributed by atoms with Gasteiger partial charge in [0, 0.05) is 33.0 Å². The van der Waals surface area contributed by atoms with Crippen LogP contribution in [0.25, 0.3) is 44.6 Å². The predicted octanol–water partition coefficient (Wildman–Crippen LogP) is 9.93. The maximum Gasteiger partial charge on any atom is 0.151 e. The van der Waals surface area contributed by atoms with E-state index in [2.05, 4.69) is 61.8 Å². The Balaban J connectivity index is 1.46. The van der Waals surface area contributed by atoms with Crippen molar-refractivity contribution in [1.82, 2.24) is 0 Å². The van der Waals surface area contributed by atoms with Crippen LogP contribution in [0.3, 0.4) is 0 Å². The van der Waals surface area contributed by atoms with Crippen LogP contribution in [0.4, 0.5) is 0 Å². The first-order valence-electron chi connectivity index (χ1n) is 13.9. The molecule has 0 aliphatic rings. The third kappa shape index (κ3) is 4.88. The standard InChI is InChI=1S/C40H26O2/c1-27-13-17-29(18-14-27)21-23-33-35-25-38-36(26-37(35)41-39(33)31-9-5-3-6-10-31)34(24-22-30-19-15-28(2)16-20-30)40(42-38)32-11-7-4-8-12-32/h3-20,25-26H,1-2H3. The molecule has 42 heavy (non-hydrogen) atoms. The molecule has 2 aromatic heterocycles. The molecule has 0 atom stereocenters. The van der Waals surface area contributed by atoms with Gasteiger partial charge in [-0.1, -0.05) is 120 Å². The van der Waals surface area contributed by atoms with E-state index in [0.29, 0.717) is 0 Å². The van der Waals surface area contributed by atoms with Gasteiger partial charge in [0.15, 0.2) is 11.5 Å². The summed E-state index contributed by atoms with van der Waals surface area (Å²) in [5.74, 6) is 15.0. The SMILES string of the molecule is Cc1ccc(C#Cc2c(-c3ccccc3)oc3cc4c(C#Cc5ccc(C)cc5)c(-c5ccccc5)oc4cc23)cc1. The largest absolute Gasteiger partial charge is 0.455 e. The number of furan rings is 2. The molecule has 2 heteroatoms. The van der Waals surface area contributed by atoms with Crippen molar-refractivity contribution in [3.8, 4) is 46.3 Å². The van der Waals surface area contributed by atoms with Crippen LogP contribution in [0.5, 0.6) is 0 Å². The van der Waals surface area contributed by atoms with Crippen LogP contribution in [-0.4, -0.2) is 0 Å². The number of fused-ring (bicyclic) bond motifs is 2. The van der Waals surface area contributed by atoms with E-state index in [9.17, 15) is 0 Å². The Kier molecular flexibility index (Phi) is 6.44. The first kappa shape index (κ1) is 25.3. The molecular weight excluding hydrogens is 512 g/mol. The summed E-state index contributed by atoms with van der Waals surface area (Å²) in [7, 11) is 0. The van der Waals surface area contributed by atoms with Gasteiger partial charge in [0.2, 0.25) is 0 Å². The minimum Gasteiger partial charge on any atom is -0.455 e. The molecule has 7 aromatic rings. The first-order chi connectivity index (χ1) is 20.6. The predicted molar refractivity (Wildman–Crippen MR) is 171 cm³/mol. The summed E-state index contributed by atoms with van der Waals surface area (Å²) in [5, 5.41) is 1.82. The molecule has 0 saturated carbocycles. The number of hydrogen-bond donors (Lipinski definition) is 0. The summed E-state index contributed by atoms with van der Waals surface area (Å²) < 4.78 is 13.1. The molecule has 0 unspecified atom stereocenters. The topological polar surface area (TPSA) is 26.3 Å². The highest BCUT2D eigenvalue weighted by Gasteiger charge is 2.20. The summed E-state index contributed by atoms with van der Waals surface area (Å²) >= 11 is 0. The quantitative estimate of drug-likeness (QED) is 0.205. The van der Waals surface area contributed by atoms with E-state index in [0.717, 1.165) is 66.8 Å². The average molecular weight is 539 g/mol. The Morgan fingerprint density at radius 3 is 1.19 bits per heavy atom. The van der Waals surface area contributed by atoms with Crippen LogP contribution in [-0.2, 0) is 0 Å². The fourth-order valence-electron chi connectivity index (χ4n) is 5.06. The second-order valence-electron chi connectivity index (χ2n) is 10.4. The van der Waals surface area contributed by atoms with Crippen LogP contribution in [0.15, 0.2) is 130 Å². The van der Waals surface area contributed by atoms with Crippen LogP contribution in [0.2, 0.25) is 0 Å². The summed E-state index contributed by atoms with van der Waals surface area (Å²) in [6, 6.07) is 40.8. The lowest BCUT2D eigenvalue weighted by Gasteiger charge is -1.98. The van der Waals surface area contributed by atoms with Gasteiger partial charge in [0.05, 0.1) is 11.1 Å². The molecule has 7 rings (SSSR count). The number of benzene rings is 5. The van der Waals surface area contributed by atoms with Gasteiger partial charge in [-0.05, 0) is 50.2 Å².